The van der Waals surface area contributed by atoms with Gasteiger partial charge in [0.25, 0.3) is 5.91 Å². The zero-order valence-electron chi connectivity index (χ0n) is 18.7. The summed E-state index contributed by atoms with van der Waals surface area (Å²) in [5, 5.41) is 0.833. The van der Waals surface area contributed by atoms with Crippen molar-refractivity contribution in [2.75, 3.05) is 36.0 Å². The molecule has 0 radical (unpaired) electrons. The van der Waals surface area contributed by atoms with Gasteiger partial charge in [-0.1, -0.05) is 53.5 Å². The van der Waals surface area contributed by atoms with Crippen LogP contribution in [0.1, 0.15) is 27.9 Å². The van der Waals surface area contributed by atoms with Crippen molar-refractivity contribution in [3.05, 3.63) is 93.5 Å². The van der Waals surface area contributed by atoms with Crippen molar-refractivity contribution >= 4 is 46.4 Å². The van der Waals surface area contributed by atoms with E-state index in [0.717, 1.165) is 36.4 Å². The highest BCUT2D eigenvalue weighted by Gasteiger charge is 2.27. The van der Waals surface area contributed by atoms with Gasteiger partial charge >= 0.3 is 0 Å². The number of benzene rings is 3. The first-order valence-corrected chi connectivity index (χ1v) is 12.2. The summed E-state index contributed by atoms with van der Waals surface area (Å²) in [4.78, 5) is 31.6. The van der Waals surface area contributed by atoms with E-state index in [9.17, 15) is 9.59 Å². The van der Waals surface area contributed by atoms with Gasteiger partial charge in [-0.25, -0.2) is 0 Å². The molecule has 0 bridgehead atoms. The smallest absolute Gasteiger partial charge is 0.254 e. The SMILES string of the molecule is O=C(c1ccc(Cl)c(Cl)c1)N1CCN(c2ccc3c(c2)CCC(=O)N3Cc2ccccc2)CC1. The highest BCUT2D eigenvalue weighted by molar-refractivity contribution is 6.42. The van der Waals surface area contributed by atoms with Gasteiger partial charge in [-0.05, 0) is 53.9 Å². The van der Waals surface area contributed by atoms with Crippen LogP contribution in [-0.4, -0.2) is 42.9 Å². The highest BCUT2D eigenvalue weighted by atomic mass is 35.5. The van der Waals surface area contributed by atoms with Crippen LogP contribution in [0.15, 0.2) is 66.7 Å². The molecule has 2 aliphatic heterocycles. The van der Waals surface area contributed by atoms with Crippen LogP contribution in [0.5, 0.6) is 0 Å². The molecule has 2 heterocycles. The van der Waals surface area contributed by atoms with E-state index >= 15 is 0 Å². The maximum atomic E-state index is 12.9. The number of anilines is 2. The summed E-state index contributed by atoms with van der Waals surface area (Å²) in [7, 11) is 0. The minimum atomic E-state index is -0.0290. The van der Waals surface area contributed by atoms with Crippen LogP contribution in [-0.2, 0) is 17.8 Å². The molecular weight excluding hydrogens is 469 g/mol. The second-order valence-electron chi connectivity index (χ2n) is 8.69. The molecule has 3 aromatic carbocycles. The zero-order valence-corrected chi connectivity index (χ0v) is 20.2. The number of carbonyl (C=O) groups excluding carboxylic acids is 2. The standard InChI is InChI=1S/C27H25Cl2N3O2/c28-23-9-6-21(17-24(23)29)27(34)31-14-12-30(13-15-31)22-8-10-25-20(16-22)7-11-26(33)32(25)18-19-4-2-1-3-5-19/h1-6,8-10,16-17H,7,11-15,18H2. The lowest BCUT2D eigenvalue weighted by molar-refractivity contribution is -0.119. The van der Waals surface area contributed by atoms with Crippen molar-refractivity contribution < 1.29 is 9.59 Å². The van der Waals surface area contributed by atoms with Gasteiger partial charge in [-0.2, -0.15) is 0 Å². The monoisotopic (exact) mass is 493 g/mol. The molecule has 0 saturated carbocycles. The summed E-state index contributed by atoms with van der Waals surface area (Å²) in [6, 6.07) is 21.5. The Balaban J connectivity index is 1.27. The molecule has 0 aliphatic carbocycles. The van der Waals surface area contributed by atoms with Crippen molar-refractivity contribution in [3.63, 3.8) is 0 Å². The molecule has 7 heteroatoms. The Bertz CT molecular complexity index is 1220. The maximum absolute atomic E-state index is 12.9. The second-order valence-corrected chi connectivity index (χ2v) is 9.50. The number of rotatable bonds is 4. The summed E-state index contributed by atoms with van der Waals surface area (Å²) in [5.41, 5.74) is 5.00. The molecule has 174 valence electrons. The van der Waals surface area contributed by atoms with Gasteiger partial charge in [-0.15, -0.1) is 0 Å². The molecule has 2 aliphatic rings. The number of hydrogen-bond donors (Lipinski definition) is 0. The first-order valence-electron chi connectivity index (χ1n) is 11.5. The molecule has 34 heavy (non-hydrogen) atoms. The number of nitrogens with zero attached hydrogens (tertiary/aromatic N) is 3. The summed E-state index contributed by atoms with van der Waals surface area (Å²) >= 11 is 12.1. The van der Waals surface area contributed by atoms with Crippen LogP contribution in [0.2, 0.25) is 10.0 Å². The molecular formula is C27H25Cl2N3O2. The Morgan fingerprint density at radius 1 is 0.824 bits per heavy atom. The Hall–Kier alpha value is -3.02. The number of amides is 2. The Morgan fingerprint density at radius 3 is 2.32 bits per heavy atom. The minimum absolute atomic E-state index is 0.0290. The number of carbonyl (C=O) groups is 2. The van der Waals surface area contributed by atoms with E-state index in [0.29, 0.717) is 41.7 Å². The van der Waals surface area contributed by atoms with E-state index in [1.165, 1.54) is 5.56 Å². The molecule has 1 saturated heterocycles. The number of hydrogen-bond acceptors (Lipinski definition) is 3. The van der Waals surface area contributed by atoms with E-state index < -0.39 is 0 Å². The fraction of sp³-hybridized carbons (Fsp3) is 0.259. The Kier molecular flexibility index (Phi) is 6.48. The third-order valence-electron chi connectivity index (χ3n) is 6.55. The predicted octanol–water partition coefficient (Wildman–Crippen LogP) is 5.44. The number of piperazine rings is 1. The van der Waals surface area contributed by atoms with Gasteiger partial charge in [0.2, 0.25) is 5.91 Å². The topological polar surface area (TPSA) is 43.9 Å². The lowest BCUT2D eigenvalue weighted by Crippen LogP contribution is -2.48. The highest BCUT2D eigenvalue weighted by Crippen LogP contribution is 2.33. The third-order valence-corrected chi connectivity index (χ3v) is 7.28. The van der Waals surface area contributed by atoms with Gasteiger partial charge in [-0.3, -0.25) is 9.59 Å². The second kappa shape index (κ2) is 9.69. The van der Waals surface area contributed by atoms with Gasteiger partial charge < -0.3 is 14.7 Å². The summed E-state index contributed by atoms with van der Waals surface area (Å²) < 4.78 is 0. The molecule has 0 unspecified atom stereocenters. The summed E-state index contributed by atoms with van der Waals surface area (Å²) in [5.74, 6) is 0.136. The van der Waals surface area contributed by atoms with E-state index in [4.69, 9.17) is 23.2 Å². The molecule has 1 fully saturated rings. The van der Waals surface area contributed by atoms with Crippen LogP contribution in [0.25, 0.3) is 0 Å². The summed E-state index contributed by atoms with van der Waals surface area (Å²) in [6.45, 7) is 3.35. The molecule has 3 aromatic rings. The lowest BCUT2D eigenvalue weighted by Gasteiger charge is -2.37. The van der Waals surface area contributed by atoms with Crippen molar-refractivity contribution in [2.24, 2.45) is 0 Å². The minimum Gasteiger partial charge on any atom is -0.368 e. The lowest BCUT2D eigenvalue weighted by atomic mass is 9.99. The van der Waals surface area contributed by atoms with Gasteiger partial charge in [0.1, 0.15) is 0 Å². The van der Waals surface area contributed by atoms with Gasteiger partial charge in [0, 0.05) is 49.5 Å². The molecule has 0 atom stereocenters. The Morgan fingerprint density at radius 2 is 1.59 bits per heavy atom. The summed E-state index contributed by atoms with van der Waals surface area (Å²) in [6.07, 6.45) is 1.28. The fourth-order valence-electron chi connectivity index (χ4n) is 4.66. The molecule has 0 N–H and O–H groups in total. The van der Waals surface area contributed by atoms with Crippen molar-refractivity contribution in [3.8, 4) is 0 Å². The number of halogens is 2. The van der Waals surface area contributed by atoms with Crippen LogP contribution in [0, 0.1) is 0 Å². The first-order chi connectivity index (χ1) is 16.5. The van der Waals surface area contributed by atoms with E-state index in [1.54, 1.807) is 18.2 Å². The van der Waals surface area contributed by atoms with Crippen LogP contribution >= 0.6 is 23.2 Å². The van der Waals surface area contributed by atoms with Crippen LogP contribution < -0.4 is 9.80 Å². The fourth-order valence-corrected chi connectivity index (χ4v) is 4.96. The largest absolute Gasteiger partial charge is 0.368 e. The maximum Gasteiger partial charge on any atom is 0.254 e. The average molecular weight is 494 g/mol. The molecule has 5 nitrogen and oxygen atoms in total. The molecule has 5 rings (SSSR count). The predicted molar refractivity (Wildman–Crippen MR) is 137 cm³/mol. The van der Waals surface area contributed by atoms with Crippen molar-refractivity contribution in [1.29, 1.82) is 0 Å². The molecule has 0 aromatic heterocycles. The van der Waals surface area contributed by atoms with Gasteiger partial charge in [0.05, 0.1) is 16.6 Å². The number of fused-ring (bicyclic) bond motifs is 1. The van der Waals surface area contributed by atoms with E-state index in [-0.39, 0.29) is 11.8 Å². The van der Waals surface area contributed by atoms with E-state index in [2.05, 4.69) is 35.2 Å². The van der Waals surface area contributed by atoms with E-state index in [1.807, 2.05) is 28.0 Å². The Labute approximate surface area is 209 Å². The quantitative estimate of drug-likeness (QED) is 0.486. The van der Waals surface area contributed by atoms with Crippen LogP contribution in [0.3, 0.4) is 0 Å². The number of aryl methyl sites for hydroxylation is 1. The van der Waals surface area contributed by atoms with Gasteiger partial charge in [0.15, 0.2) is 0 Å². The van der Waals surface area contributed by atoms with Crippen molar-refractivity contribution in [1.82, 2.24) is 4.90 Å². The normalized spacial score (nSPS) is 15.9. The molecule has 2 amide bonds. The van der Waals surface area contributed by atoms with Crippen LogP contribution in [0.4, 0.5) is 11.4 Å². The molecule has 0 spiro atoms. The third kappa shape index (κ3) is 4.63. The average Bonchev–Trinajstić information content (AvgIpc) is 2.87. The first kappa shape index (κ1) is 22.8. The zero-order chi connectivity index (χ0) is 23.7. The van der Waals surface area contributed by atoms with Crippen molar-refractivity contribution in [2.45, 2.75) is 19.4 Å².